The van der Waals surface area contributed by atoms with Gasteiger partial charge in [0.05, 0.1) is 21.2 Å². The molecule has 6 aromatic rings. The van der Waals surface area contributed by atoms with Gasteiger partial charge in [0.1, 0.15) is 35.9 Å². The van der Waals surface area contributed by atoms with Crippen LogP contribution in [0.2, 0.25) is 10.0 Å². The lowest BCUT2D eigenvalue weighted by molar-refractivity contribution is 0.213. The van der Waals surface area contributed by atoms with Crippen LogP contribution in [-0.4, -0.2) is 24.0 Å². The average Bonchev–Trinajstić information content (AvgIpc) is 3.74. The number of halogens is 4. The summed E-state index contributed by atoms with van der Waals surface area (Å²) in [6.45, 7) is 8.02. The van der Waals surface area contributed by atoms with Crippen molar-refractivity contribution in [2.75, 3.05) is 0 Å². The first-order chi connectivity index (χ1) is 26.0. The Balaban J connectivity index is 0.000000167. The highest BCUT2D eigenvalue weighted by Crippen LogP contribution is 2.36. The Morgan fingerprint density at radius 2 is 0.778 bits per heavy atom. The maximum Gasteiger partial charge on any atom is 0.221 e. The third kappa shape index (κ3) is 7.96. The summed E-state index contributed by atoms with van der Waals surface area (Å²) in [5, 5.41) is 0.604. The first-order valence-electron chi connectivity index (χ1n) is 17.8. The molecule has 8 heteroatoms. The molecular formula is C46H38Cl2F2N2O2. The van der Waals surface area contributed by atoms with Gasteiger partial charge in [-0.1, -0.05) is 144 Å². The van der Waals surface area contributed by atoms with Gasteiger partial charge in [0.2, 0.25) is 11.8 Å². The predicted molar refractivity (Wildman–Crippen MR) is 216 cm³/mol. The van der Waals surface area contributed by atoms with Crippen molar-refractivity contribution < 1.29 is 18.3 Å². The minimum atomic E-state index is -0.427. The summed E-state index contributed by atoms with van der Waals surface area (Å²) in [4.78, 5) is 9.23. The number of ether oxygens (including phenoxy) is 2. The van der Waals surface area contributed by atoms with Crippen LogP contribution in [0.15, 0.2) is 143 Å². The Labute approximate surface area is 324 Å². The lowest BCUT2D eigenvalue weighted by atomic mass is 9.98. The predicted octanol–water partition coefficient (Wildman–Crippen LogP) is 12.7. The summed E-state index contributed by atoms with van der Waals surface area (Å²) in [6, 6.07) is 42.1. The average molecular weight is 760 g/mol. The van der Waals surface area contributed by atoms with Gasteiger partial charge in [-0.05, 0) is 85.3 Å². The monoisotopic (exact) mass is 758 g/mol. The van der Waals surface area contributed by atoms with Gasteiger partial charge in [0.15, 0.2) is 0 Å². The second-order valence-corrected chi connectivity index (χ2v) is 14.4. The molecule has 0 aliphatic carbocycles. The fourth-order valence-electron chi connectivity index (χ4n) is 6.58. The molecule has 0 N–H and O–H groups in total. The van der Waals surface area contributed by atoms with E-state index in [2.05, 4.69) is 121 Å². The quantitative estimate of drug-likeness (QED) is 0.170. The smallest absolute Gasteiger partial charge is 0.221 e. The summed E-state index contributed by atoms with van der Waals surface area (Å²) in [6.07, 6.45) is -0.387. The summed E-state index contributed by atoms with van der Waals surface area (Å²) >= 11 is 12.3. The van der Waals surface area contributed by atoms with E-state index < -0.39 is 11.6 Å². The van der Waals surface area contributed by atoms with Gasteiger partial charge in [-0.25, -0.2) is 18.8 Å². The van der Waals surface area contributed by atoms with E-state index in [1.165, 1.54) is 34.4 Å². The maximum atomic E-state index is 14.2. The van der Waals surface area contributed by atoms with Gasteiger partial charge in [-0.2, -0.15) is 0 Å². The van der Waals surface area contributed by atoms with E-state index in [-0.39, 0.29) is 47.2 Å². The van der Waals surface area contributed by atoms with E-state index in [0.717, 1.165) is 22.3 Å². The van der Waals surface area contributed by atoms with Gasteiger partial charge in [-0.3, -0.25) is 0 Å². The maximum absolute atomic E-state index is 14.2. The number of benzene rings is 6. The number of rotatable bonds is 6. The van der Waals surface area contributed by atoms with Crippen molar-refractivity contribution in [1.29, 1.82) is 0 Å². The molecule has 2 heterocycles. The van der Waals surface area contributed by atoms with E-state index in [0.29, 0.717) is 10.0 Å². The van der Waals surface area contributed by atoms with E-state index in [4.69, 9.17) is 32.7 Å². The zero-order valence-corrected chi connectivity index (χ0v) is 31.7. The molecule has 54 heavy (non-hydrogen) atoms. The topological polar surface area (TPSA) is 43.2 Å². The van der Waals surface area contributed by atoms with Crippen molar-refractivity contribution >= 4 is 35.0 Å². The normalized spacial score (nSPS) is 18.9. The summed E-state index contributed by atoms with van der Waals surface area (Å²) in [5.74, 6) is -0.330. The van der Waals surface area contributed by atoms with Crippen LogP contribution in [0, 0.1) is 25.5 Å². The zero-order valence-electron chi connectivity index (χ0n) is 30.2. The minimum absolute atomic E-state index is 0.192. The Morgan fingerprint density at radius 3 is 1.09 bits per heavy atom. The lowest BCUT2D eigenvalue weighted by Crippen LogP contribution is -2.13. The number of aryl methyl sites for hydroxylation is 2. The van der Waals surface area contributed by atoms with Crippen LogP contribution in [0.5, 0.6) is 0 Å². The van der Waals surface area contributed by atoms with Crippen molar-refractivity contribution in [3.05, 3.63) is 189 Å². The second kappa shape index (κ2) is 16.0. The molecule has 0 amide bonds. The van der Waals surface area contributed by atoms with E-state index in [1.54, 1.807) is 24.3 Å². The van der Waals surface area contributed by atoms with E-state index in [9.17, 15) is 8.78 Å². The second-order valence-electron chi connectivity index (χ2n) is 13.6. The highest BCUT2D eigenvalue weighted by atomic mass is 35.5. The molecule has 272 valence electrons. The van der Waals surface area contributed by atoms with Crippen LogP contribution in [0.25, 0.3) is 22.3 Å². The Hall–Kier alpha value is -5.30. The third-order valence-corrected chi connectivity index (χ3v) is 10.3. The number of nitrogens with zero attached hydrogens (tertiary/aromatic N) is 2. The van der Waals surface area contributed by atoms with Crippen LogP contribution in [0.4, 0.5) is 8.78 Å². The molecule has 4 nitrogen and oxygen atoms in total. The van der Waals surface area contributed by atoms with Crippen molar-refractivity contribution in [3.63, 3.8) is 0 Å². The highest BCUT2D eigenvalue weighted by molar-refractivity contribution is 6.34. The fourth-order valence-corrected chi connectivity index (χ4v) is 7.07. The van der Waals surface area contributed by atoms with Gasteiger partial charge in [-0.15, -0.1) is 0 Å². The van der Waals surface area contributed by atoms with Crippen LogP contribution in [0.1, 0.15) is 59.3 Å². The minimum Gasteiger partial charge on any atom is -0.472 e. The molecule has 2 aliphatic rings. The number of aliphatic imine (C=N–C) groups is 2. The molecule has 8 rings (SSSR count). The lowest BCUT2D eigenvalue weighted by Gasteiger charge is -2.14. The molecule has 0 fully saturated rings. The molecular weight excluding hydrogens is 721 g/mol. The molecule has 0 saturated carbocycles. The SMILES string of the molecule is Cc1ccc(-c2ccc([C@@H]3N=C(c4c(F)cccc4Cl)O[C@@H]3C)cc2)cc1.Cc1ccc(-c2ccc([C@H]3N=C(c4c(F)cccc4Cl)O[C@H]3C)cc2)cc1. The molecule has 4 atom stereocenters. The Kier molecular flexibility index (Phi) is 11.0. The molecule has 0 unspecified atom stereocenters. The van der Waals surface area contributed by atoms with Crippen LogP contribution >= 0.6 is 23.2 Å². The van der Waals surface area contributed by atoms with Crippen molar-refractivity contribution in [1.82, 2.24) is 0 Å². The highest BCUT2D eigenvalue weighted by Gasteiger charge is 2.33. The van der Waals surface area contributed by atoms with Crippen molar-refractivity contribution in [2.24, 2.45) is 9.98 Å². The Morgan fingerprint density at radius 1 is 0.463 bits per heavy atom. The summed E-state index contributed by atoms with van der Waals surface area (Å²) in [5.41, 5.74) is 9.62. The van der Waals surface area contributed by atoms with Crippen molar-refractivity contribution in [3.8, 4) is 22.3 Å². The van der Waals surface area contributed by atoms with Gasteiger partial charge < -0.3 is 9.47 Å². The standard InChI is InChI=1S/2C23H19ClFNO/c2*1-14-6-8-16(9-7-14)17-10-12-18(13-11-17)22-15(2)27-23(26-22)21-19(24)4-3-5-20(21)25/h2*3-13,15,22H,1-2H3/t2*15-,22-/m10/s1. The molecule has 6 aromatic carbocycles. The van der Waals surface area contributed by atoms with E-state index in [1.807, 2.05) is 13.8 Å². The first kappa shape index (κ1) is 37.0. The largest absolute Gasteiger partial charge is 0.472 e. The molecule has 0 bridgehead atoms. The molecule has 0 spiro atoms. The van der Waals surface area contributed by atoms with Crippen molar-refractivity contribution in [2.45, 2.75) is 52.0 Å². The van der Waals surface area contributed by atoms with Crippen LogP contribution in [-0.2, 0) is 9.47 Å². The fraction of sp³-hybridized carbons (Fsp3) is 0.174. The van der Waals surface area contributed by atoms with Gasteiger partial charge >= 0.3 is 0 Å². The molecule has 0 saturated heterocycles. The number of hydrogen-bond acceptors (Lipinski definition) is 4. The third-order valence-electron chi connectivity index (χ3n) is 9.62. The van der Waals surface area contributed by atoms with E-state index >= 15 is 0 Å². The summed E-state index contributed by atoms with van der Waals surface area (Å²) < 4.78 is 40.0. The Bertz CT molecular complexity index is 2120. The van der Waals surface area contributed by atoms with Crippen LogP contribution in [0.3, 0.4) is 0 Å². The molecule has 0 aromatic heterocycles. The van der Waals surface area contributed by atoms with Crippen LogP contribution < -0.4 is 0 Å². The van der Waals surface area contributed by atoms with Gasteiger partial charge in [0.25, 0.3) is 0 Å². The number of hydrogen-bond donors (Lipinski definition) is 0. The molecule has 2 aliphatic heterocycles. The summed E-state index contributed by atoms with van der Waals surface area (Å²) in [7, 11) is 0. The first-order valence-corrected chi connectivity index (χ1v) is 18.5. The zero-order chi connectivity index (χ0) is 37.9. The molecule has 0 radical (unpaired) electrons. The van der Waals surface area contributed by atoms with Gasteiger partial charge in [0, 0.05) is 0 Å².